The van der Waals surface area contributed by atoms with E-state index in [9.17, 15) is 4.79 Å². The molecule has 0 radical (unpaired) electrons. The third kappa shape index (κ3) is 1.13. The van der Waals surface area contributed by atoms with Gasteiger partial charge in [-0.25, -0.2) is 4.79 Å². The number of aromatic amines is 1. The predicted octanol–water partition coefficient (Wildman–Crippen LogP) is 2.22. The molecule has 18 heavy (non-hydrogen) atoms. The molecule has 0 saturated heterocycles. The first-order chi connectivity index (χ1) is 8.83. The molecule has 0 spiro atoms. The van der Waals surface area contributed by atoms with Gasteiger partial charge in [0.2, 0.25) is 0 Å². The van der Waals surface area contributed by atoms with Crippen LogP contribution in [-0.4, -0.2) is 15.4 Å². The summed E-state index contributed by atoms with van der Waals surface area (Å²) in [4.78, 5) is 11.9. The Morgan fingerprint density at radius 1 is 1.06 bits per heavy atom. The van der Waals surface area contributed by atoms with Crippen molar-refractivity contribution in [2.24, 2.45) is 0 Å². The minimum atomic E-state index is -0.329. The van der Waals surface area contributed by atoms with Gasteiger partial charge in [0.15, 0.2) is 0 Å². The SMILES string of the molecule is O=c1oc2cc3[nH]nnc3cc2c2ccccc12. The lowest BCUT2D eigenvalue weighted by Gasteiger charge is -2.01. The molecule has 5 nitrogen and oxygen atoms in total. The first-order valence-corrected chi connectivity index (χ1v) is 5.49. The van der Waals surface area contributed by atoms with Gasteiger partial charge in [-0.1, -0.05) is 23.4 Å². The van der Waals surface area contributed by atoms with E-state index in [4.69, 9.17) is 4.42 Å². The van der Waals surface area contributed by atoms with Gasteiger partial charge < -0.3 is 4.42 Å². The number of aromatic nitrogens is 3. The number of rotatable bonds is 0. The van der Waals surface area contributed by atoms with Crippen molar-refractivity contribution >= 4 is 32.8 Å². The molecule has 0 aliphatic carbocycles. The van der Waals surface area contributed by atoms with E-state index in [-0.39, 0.29) is 5.63 Å². The first kappa shape index (κ1) is 9.35. The fourth-order valence-corrected chi connectivity index (χ4v) is 2.22. The normalized spacial score (nSPS) is 11.6. The van der Waals surface area contributed by atoms with E-state index in [2.05, 4.69) is 15.4 Å². The summed E-state index contributed by atoms with van der Waals surface area (Å²) >= 11 is 0. The summed E-state index contributed by atoms with van der Waals surface area (Å²) in [6, 6.07) is 11.0. The molecule has 2 heterocycles. The highest BCUT2D eigenvalue weighted by Gasteiger charge is 2.09. The van der Waals surface area contributed by atoms with E-state index in [0.29, 0.717) is 11.0 Å². The second kappa shape index (κ2) is 3.16. The molecule has 0 aliphatic rings. The Labute approximate surface area is 100 Å². The van der Waals surface area contributed by atoms with Gasteiger partial charge in [-0.2, -0.15) is 0 Å². The lowest BCUT2D eigenvalue weighted by atomic mass is 10.1. The lowest BCUT2D eigenvalue weighted by molar-refractivity contribution is 0.570. The zero-order chi connectivity index (χ0) is 12.1. The predicted molar refractivity (Wildman–Crippen MR) is 67.4 cm³/mol. The van der Waals surface area contributed by atoms with Gasteiger partial charge in [-0.15, -0.1) is 5.10 Å². The van der Waals surface area contributed by atoms with Crippen LogP contribution in [0, 0.1) is 0 Å². The number of fused-ring (bicyclic) bond motifs is 4. The summed E-state index contributed by atoms with van der Waals surface area (Å²) in [6.07, 6.45) is 0. The molecule has 0 unspecified atom stereocenters. The average Bonchev–Trinajstić information content (AvgIpc) is 2.84. The molecule has 0 bridgehead atoms. The Morgan fingerprint density at radius 3 is 2.78 bits per heavy atom. The molecule has 1 N–H and O–H groups in total. The Kier molecular flexibility index (Phi) is 1.64. The van der Waals surface area contributed by atoms with Gasteiger partial charge in [-0.3, -0.25) is 5.10 Å². The van der Waals surface area contributed by atoms with E-state index >= 15 is 0 Å². The van der Waals surface area contributed by atoms with Gasteiger partial charge in [0.1, 0.15) is 11.1 Å². The summed E-state index contributed by atoms with van der Waals surface area (Å²) in [5, 5.41) is 12.8. The Balaban J connectivity index is 2.36. The van der Waals surface area contributed by atoms with Crippen LogP contribution in [0.4, 0.5) is 0 Å². The summed E-state index contributed by atoms with van der Waals surface area (Å²) in [6.45, 7) is 0. The molecule has 0 amide bonds. The first-order valence-electron chi connectivity index (χ1n) is 5.49. The summed E-state index contributed by atoms with van der Waals surface area (Å²) < 4.78 is 5.32. The largest absolute Gasteiger partial charge is 0.422 e. The molecule has 5 heteroatoms. The Morgan fingerprint density at radius 2 is 1.89 bits per heavy atom. The van der Waals surface area contributed by atoms with Crippen molar-refractivity contribution in [2.45, 2.75) is 0 Å². The molecule has 4 aromatic rings. The number of benzene rings is 2. The maximum absolute atomic E-state index is 11.9. The van der Waals surface area contributed by atoms with Crippen molar-refractivity contribution in [1.82, 2.24) is 15.4 Å². The van der Waals surface area contributed by atoms with Crippen LogP contribution in [0.25, 0.3) is 32.8 Å². The highest BCUT2D eigenvalue weighted by atomic mass is 16.4. The topological polar surface area (TPSA) is 71.8 Å². The number of nitrogens with one attached hydrogen (secondary N) is 1. The highest BCUT2D eigenvalue weighted by Crippen LogP contribution is 2.25. The van der Waals surface area contributed by atoms with Crippen LogP contribution in [0.15, 0.2) is 45.6 Å². The van der Waals surface area contributed by atoms with Gasteiger partial charge in [0.05, 0.1) is 10.9 Å². The third-order valence-electron chi connectivity index (χ3n) is 3.07. The van der Waals surface area contributed by atoms with Crippen molar-refractivity contribution in [3.63, 3.8) is 0 Å². The summed E-state index contributed by atoms with van der Waals surface area (Å²) in [5.74, 6) is 0. The van der Waals surface area contributed by atoms with Crippen LogP contribution < -0.4 is 5.63 Å². The van der Waals surface area contributed by atoms with Crippen molar-refractivity contribution in [3.8, 4) is 0 Å². The third-order valence-corrected chi connectivity index (χ3v) is 3.07. The van der Waals surface area contributed by atoms with E-state index in [0.717, 1.165) is 21.8 Å². The van der Waals surface area contributed by atoms with Crippen LogP contribution >= 0.6 is 0 Å². The van der Waals surface area contributed by atoms with Gasteiger partial charge >= 0.3 is 5.63 Å². The molecule has 4 rings (SSSR count). The number of nitrogens with zero attached hydrogens (tertiary/aromatic N) is 2. The number of H-pyrrole nitrogens is 1. The maximum Gasteiger partial charge on any atom is 0.344 e. The average molecular weight is 237 g/mol. The lowest BCUT2D eigenvalue weighted by Crippen LogP contribution is -1.99. The van der Waals surface area contributed by atoms with Crippen molar-refractivity contribution < 1.29 is 4.42 Å². The van der Waals surface area contributed by atoms with E-state index < -0.39 is 0 Å². The van der Waals surface area contributed by atoms with E-state index in [1.165, 1.54) is 0 Å². The van der Waals surface area contributed by atoms with E-state index in [1.54, 1.807) is 12.1 Å². The number of hydrogen-bond acceptors (Lipinski definition) is 4. The fraction of sp³-hybridized carbons (Fsp3) is 0. The van der Waals surface area contributed by atoms with Crippen molar-refractivity contribution in [2.75, 3.05) is 0 Å². The zero-order valence-electron chi connectivity index (χ0n) is 9.18. The van der Waals surface area contributed by atoms with Crippen LogP contribution in [-0.2, 0) is 0 Å². The van der Waals surface area contributed by atoms with Crippen molar-refractivity contribution in [1.29, 1.82) is 0 Å². The molecule has 2 aromatic carbocycles. The molecule has 0 saturated carbocycles. The van der Waals surface area contributed by atoms with Crippen LogP contribution in [0.3, 0.4) is 0 Å². The van der Waals surface area contributed by atoms with Gasteiger partial charge in [0, 0.05) is 11.5 Å². The fourth-order valence-electron chi connectivity index (χ4n) is 2.22. The molecule has 86 valence electrons. The van der Waals surface area contributed by atoms with Crippen LogP contribution in [0.1, 0.15) is 0 Å². The Bertz CT molecular complexity index is 953. The second-order valence-electron chi connectivity index (χ2n) is 4.11. The minimum Gasteiger partial charge on any atom is -0.422 e. The monoisotopic (exact) mass is 237 g/mol. The van der Waals surface area contributed by atoms with Gasteiger partial charge in [-0.05, 0) is 17.5 Å². The molecule has 2 aromatic heterocycles. The van der Waals surface area contributed by atoms with Crippen molar-refractivity contribution in [3.05, 3.63) is 46.8 Å². The zero-order valence-corrected chi connectivity index (χ0v) is 9.18. The molecule has 0 fully saturated rings. The quantitative estimate of drug-likeness (QED) is 0.376. The van der Waals surface area contributed by atoms with E-state index in [1.807, 2.05) is 24.3 Å². The summed E-state index contributed by atoms with van der Waals surface area (Å²) in [7, 11) is 0. The molecule has 0 aliphatic heterocycles. The maximum atomic E-state index is 11.9. The van der Waals surface area contributed by atoms with Crippen LogP contribution in [0.5, 0.6) is 0 Å². The Hall–Kier alpha value is -2.69. The summed E-state index contributed by atoms with van der Waals surface area (Å²) in [5.41, 5.74) is 1.71. The number of hydrogen-bond donors (Lipinski definition) is 1. The second-order valence-corrected chi connectivity index (χ2v) is 4.11. The molecule has 0 atom stereocenters. The van der Waals surface area contributed by atoms with Crippen LogP contribution in [0.2, 0.25) is 0 Å². The molecular formula is C13H7N3O2. The molecular weight excluding hydrogens is 230 g/mol. The minimum absolute atomic E-state index is 0.329. The standard InChI is InChI=1S/C13H7N3O2/c17-13-8-4-2-1-3-7(8)9-5-10-11(15-16-14-10)6-12(9)18-13/h1-6H,(H,14,15,16). The van der Waals surface area contributed by atoms with Gasteiger partial charge in [0.25, 0.3) is 0 Å². The smallest absolute Gasteiger partial charge is 0.344 e. The highest BCUT2D eigenvalue weighted by molar-refractivity contribution is 6.07.